The number of nitrogens with one attached hydrogen (secondary N) is 1. The van der Waals surface area contributed by atoms with Crippen LogP contribution in [0, 0.1) is 18.8 Å². The van der Waals surface area contributed by atoms with E-state index in [1.807, 2.05) is 30.3 Å². The number of phenols is 1. The van der Waals surface area contributed by atoms with Gasteiger partial charge in [-0.3, -0.25) is 19.0 Å². The first kappa shape index (κ1) is 33.1. The number of likely N-dealkylation sites (tertiary alicyclic amines) is 1. The minimum Gasteiger partial charge on any atom is -0.508 e. The summed E-state index contributed by atoms with van der Waals surface area (Å²) >= 11 is 1.58. The smallest absolute Gasteiger partial charge is 0.261 e. The van der Waals surface area contributed by atoms with Gasteiger partial charge in [0, 0.05) is 34.9 Å². The predicted molar refractivity (Wildman–Crippen MR) is 161 cm³/mol. The summed E-state index contributed by atoms with van der Waals surface area (Å²) in [5.74, 6) is 1.55. The second kappa shape index (κ2) is 15.2. The maximum absolute atomic E-state index is 13.2. The lowest BCUT2D eigenvalue weighted by atomic mass is 9.72. The van der Waals surface area contributed by atoms with Crippen LogP contribution in [-0.2, 0) is 14.9 Å². The van der Waals surface area contributed by atoms with Crippen LogP contribution in [0.25, 0.3) is 0 Å². The lowest BCUT2D eigenvalue weighted by Crippen LogP contribution is -2.56. The van der Waals surface area contributed by atoms with E-state index < -0.39 is 22.3 Å². The Morgan fingerprint density at radius 1 is 1.07 bits per heavy atom. The van der Waals surface area contributed by atoms with Crippen molar-refractivity contribution >= 4 is 33.6 Å². The summed E-state index contributed by atoms with van der Waals surface area (Å²) in [6, 6.07) is 14.1. The molecule has 9 nitrogen and oxygen atoms in total. The van der Waals surface area contributed by atoms with E-state index in [4.69, 9.17) is 4.55 Å². The summed E-state index contributed by atoms with van der Waals surface area (Å²) in [6.07, 6.45) is 5.59. The number of amides is 1. The largest absolute Gasteiger partial charge is 0.508 e. The Balaban J connectivity index is 0.000000850. The van der Waals surface area contributed by atoms with E-state index in [0.717, 1.165) is 17.9 Å². The number of carbonyl (C=O) groups excluding carboxylic acids is 2. The van der Waals surface area contributed by atoms with Crippen LogP contribution in [0.5, 0.6) is 5.75 Å². The van der Waals surface area contributed by atoms with Gasteiger partial charge in [0.25, 0.3) is 16.0 Å². The van der Waals surface area contributed by atoms with E-state index in [2.05, 4.69) is 10.2 Å². The lowest BCUT2D eigenvalue weighted by molar-refractivity contribution is -0.126. The number of carbonyl (C=O) groups is 2. The first-order valence-electron chi connectivity index (χ1n) is 14.0. The van der Waals surface area contributed by atoms with E-state index in [0.29, 0.717) is 41.5 Å². The topological polar surface area (TPSA) is 144 Å². The molecule has 226 valence electrons. The van der Waals surface area contributed by atoms with Crippen molar-refractivity contribution in [2.75, 3.05) is 25.1 Å². The molecule has 2 fully saturated rings. The van der Waals surface area contributed by atoms with Gasteiger partial charge in [0.2, 0.25) is 0 Å². The fourth-order valence-corrected chi connectivity index (χ4v) is 6.79. The van der Waals surface area contributed by atoms with Gasteiger partial charge >= 0.3 is 0 Å². The molecule has 0 radical (unpaired) electrons. The van der Waals surface area contributed by atoms with E-state index >= 15 is 0 Å². The number of nitrogens with zero attached hydrogens (tertiary/aromatic N) is 1. The number of Topliss-reactive ketones (excluding diaryl/α,β-unsaturated/α-hetero) is 1. The van der Waals surface area contributed by atoms with Crippen LogP contribution in [0.3, 0.4) is 0 Å². The molecular formula is C30H42N2O7S2. The number of ketones is 1. The number of aliphatic hydroxyl groups is 1. The number of β-amino-alcohol motifs (C(OH)–C–C–N with tert-alkyl or cyclic N) is 1. The molecule has 0 unspecified atom stereocenters. The Kier molecular flexibility index (Phi) is 12.2. The lowest BCUT2D eigenvalue weighted by Gasteiger charge is -2.46. The van der Waals surface area contributed by atoms with Crippen molar-refractivity contribution < 1.29 is 32.8 Å². The molecule has 2 aromatic carbocycles. The van der Waals surface area contributed by atoms with Crippen LogP contribution in [0.4, 0.5) is 0 Å². The normalized spacial score (nSPS) is 22.4. The first-order chi connectivity index (χ1) is 19.3. The number of thioether (sulfide) groups is 1. The Morgan fingerprint density at radius 3 is 2.34 bits per heavy atom. The van der Waals surface area contributed by atoms with Crippen molar-refractivity contribution in [3.63, 3.8) is 0 Å². The van der Waals surface area contributed by atoms with Gasteiger partial charge in [0.05, 0.1) is 24.4 Å². The van der Waals surface area contributed by atoms with Gasteiger partial charge in [-0.25, -0.2) is 0 Å². The monoisotopic (exact) mass is 606 g/mol. The highest BCUT2D eigenvalue weighted by Gasteiger charge is 2.40. The fourth-order valence-electron chi connectivity index (χ4n) is 5.76. The maximum Gasteiger partial charge on any atom is 0.261 e. The molecule has 1 aliphatic carbocycles. The third-order valence-electron chi connectivity index (χ3n) is 7.90. The molecule has 5 atom stereocenters. The number of rotatable bonds is 9. The molecule has 2 aromatic rings. The van der Waals surface area contributed by atoms with Crippen molar-refractivity contribution in [1.82, 2.24) is 10.2 Å². The van der Waals surface area contributed by atoms with Gasteiger partial charge in [0.15, 0.2) is 0 Å². The number of aromatic hydroxyl groups is 1. The Hall–Kier alpha value is -2.44. The van der Waals surface area contributed by atoms with Crippen LogP contribution in [0.2, 0.25) is 0 Å². The van der Waals surface area contributed by atoms with E-state index in [9.17, 15) is 28.2 Å². The van der Waals surface area contributed by atoms with Crippen LogP contribution in [-0.4, -0.2) is 83.1 Å². The van der Waals surface area contributed by atoms with E-state index in [1.54, 1.807) is 43.8 Å². The number of phenolic OH excluding ortho intramolecular Hbond substituents is 1. The number of piperidine rings is 1. The van der Waals surface area contributed by atoms with Crippen molar-refractivity contribution in [2.24, 2.45) is 11.8 Å². The Morgan fingerprint density at radius 2 is 1.71 bits per heavy atom. The molecule has 0 aromatic heterocycles. The quantitative estimate of drug-likeness (QED) is 0.247. The molecule has 1 saturated carbocycles. The van der Waals surface area contributed by atoms with Crippen LogP contribution < -0.4 is 5.32 Å². The third kappa shape index (κ3) is 10.4. The average molecular weight is 607 g/mol. The summed E-state index contributed by atoms with van der Waals surface area (Å²) in [5, 5.41) is 24.5. The zero-order valence-electron chi connectivity index (χ0n) is 23.9. The Bertz CT molecular complexity index is 1260. The zero-order chi connectivity index (χ0) is 30.2. The summed E-state index contributed by atoms with van der Waals surface area (Å²) < 4.78 is 25.9. The average Bonchev–Trinajstić information content (AvgIpc) is 2.91. The summed E-state index contributed by atoms with van der Waals surface area (Å²) in [4.78, 5) is 29.0. The van der Waals surface area contributed by atoms with Gasteiger partial charge < -0.3 is 15.5 Å². The number of fused-ring (bicyclic) bond motifs is 1. The summed E-state index contributed by atoms with van der Waals surface area (Å²) in [7, 11) is -3.67. The highest BCUT2D eigenvalue weighted by molar-refractivity contribution is 7.99. The van der Waals surface area contributed by atoms with Crippen molar-refractivity contribution in [3.8, 4) is 5.75 Å². The van der Waals surface area contributed by atoms with E-state index in [1.165, 1.54) is 25.7 Å². The molecule has 41 heavy (non-hydrogen) atoms. The van der Waals surface area contributed by atoms with Crippen LogP contribution >= 0.6 is 11.8 Å². The van der Waals surface area contributed by atoms with Crippen molar-refractivity contribution in [3.05, 3.63) is 59.7 Å². The molecule has 0 bridgehead atoms. The van der Waals surface area contributed by atoms with Crippen LogP contribution in [0.1, 0.15) is 54.9 Å². The molecule has 1 aliphatic heterocycles. The number of hydrogen-bond donors (Lipinski definition) is 4. The molecule has 4 rings (SSSR count). The fraction of sp³-hybridized carbons (Fsp3) is 0.533. The van der Waals surface area contributed by atoms with Crippen LogP contribution in [0.15, 0.2) is 53.4 Å². The first-order valence-corrected chi connectivity index (χ1v) is 16.8. The second-order valence-corrected chi connectivity index (χ2v) is 13.6. The molecule has 1 saturated heterocycles. The standard InChI is InChI=1S/C29H38N2O4S.CH4O3S/c1-19-24(13-8-14-27(19)33)29(35)30-25(18-36-23-11-4-3-5-12-23)28(34)17-31-16-22-10-7-6-9-21(22)15-26(31)20(2)32;1-5(2,3)4/h3-5,8,11-14,21-22,25-26,28,33-34H,6-7,9-10,15-18H2,1-2H3,(H,30,35);1H3,(H,2,3,4)/t21-,22+,25-,26-,28+;/m0./s1. The highest BCUT2D eigenvalue weighted by atomic mass is 32.2. The summed E-state index contributed by atoms with van der Waals surface area (Å²) in [6.45, 7) is 4.53. The molecule has 2 aliphatic rings. The molecule has 0 spiro atoms. The SMILES string of the molecule is CC(=O)[C@@H]1C[C@@H]2CCCC[C@@H]2CN1C[C@@H](O)[C@H](CSc1ccccc1)NC(=O)c1cccc(O)c1C.CS(=O)(=O)O. The van der Waals surface area contributed by atoms with Gasteiger partial charge in [0.1, 0.15) is 11.5 Å². The van der Waals surface area contributed by atoms with Gasteiger partial charge in [-0.05, 0) is 62.8 Å². The van der Waals surface area contributed by atoms with Crippen molar-refractivity contribution in [2.45, 2.75) is 69.0 Å². The molecular weight excluding hydrogens is 564 g/mol. The minimum absolute atomic E-state index is 0.0676. The molecule has 1 heterocycles. The minimum atomic E-state index is -3.67. The number of benzene rings is 2. The van der Waals surface area contributed by atoms with Crippen molar-refractivity contribution in [1.29, 1.82) is 0 Å². The van der Waals surface area contributed by atoms with Gasteiger partial charge in [-0.1, -0.05) is 43.5 Å². The number of hydrogen-bond acceptors (Lipinski definition) is 8. The van der Waals surface area contributed by atoms with E-state index in [-0.39, 0.29) is 23.5 Å². The predicted octanol–water partition coefficient (Wildman–Crippen LogP) is 3.93. The second-order valence-electron chi connectivity index (χ2n) is 11.1. The third-order valence-corrected chi connectivity index (χ3v) is 9.03. The molecule has 11 heteroatoms. The highest BCUT2D eigenvalue weighted by Crippen LogP contribution is 2.39. The zero-order valence-corrected chi connectivity index (χ0v) is 25.5. The number of aliphatic hydroxyl groups excluding tert-OH is 1. The van der Waals surface area contributed by atoms with Gasteiger partial charge in [-0.15, -0.1) is 11.8 Å². The Labute approximate surface area is 247 Å². The maximum atomic E-state index is 13.2. The molecule has 4 N–H and O–H groups in total. The van der Waals surface area contributed by atoms with Gasteiger partial charge in [-0.2, -0.15) is 8.42 Å². The summed E-state index contributed by atoms with van der Waals surface area (Å²) in [5.41, 5.74) is 0.900. The molecule has 1 amide bonds.